The monoisotopic (exact) mass is 374 g/mol. The van der Waals surface area contributed by atoms with Crippen molar-refractivity contribution in [3.63, 3.8) is 0 Å². The maximum atomic E-state index is 13.9. The van der Waals surface area contributed by atoms with Gasteiger partial charge in [0, 0.05) is 6.07 Å². The van der Waals surface area contributed by atoms with Crippen molar-refractivity contribution in [1.29, 1.82) is 0 Å². The van der Waals surface area contributed by atoms with Gasteiger partial charge in [0.2, 0.25) is 11.5 Å². The number of carbonyl (C=O) groups excluding carboxylic acids is 2. The Morgan fingerprint density at radius 2 is 1.85 bits per heavy atom. The Labute approximate surface area is 157 Å². The van der Waals surface area contributed by atoms with Crippen LogP contribution in [0.25, 0.3) is 0 Å². The second-order valence-corrected chi connectivity index (χ2v) is 6.82. The number of halogens is 1. The molecular weight excluding hydrogens is 351 g/mol. The van der Waals surface area contributed by atoms with Crippen LogP contribution < -0.4 is 0 Å². The third kappa shape index (κ3) is 3.86. The number of ether oxygens (including phenoxy) is 2. The highest BCUT2D eigenvalue weighted by Crippen LogP contribution is 2.34. The van der Waals surface area contributed by atoms with Crippen LogP contribution in [0.2, 0.25) is 0 Å². The van der Waals surface area contributed by atoms with Crippen molar-refractivity contribution >= 4 is 11.9 Å². The SMILES string of the molecule is COC(=O)C1(OC(=O)c2cc(F)nn2[C@H](C)c2ccccc2)CCCCC1. The highest BCUT2D eigenvalue weighted by molar-refractivity contribution is 5.91. The molecule has 0 N–H and O–H groups in total. The van der Waals surface area contributed by atoms with Gasteiger partial charge in [0.1, 0.15) is 5.69 Å². The third-order valence-electron chi connectivity index (χ3n) is 5.07. The van der Waals surface area contributed by atoms with E-state index in [-0.39, 0.29) is 11.7 Å². The highest BCUT2D eigenvalue weighted by Gasteiger charge is 2.45. The van der Waals surface area contributed by atoms with Gasteiger partial charge >= 0.3 is 11.9 Å². The molecule has 144 valence electrons. The molecule has 1 aliphatic rings. The average Bonchev–Trinajstić information content (AvgIpc) is 3.10. The van der Waals surface area contributed by atoms with Gasteiger partial charge in [0.15, 0.2) is 0 Å². The molecule has 1 aliphatic carbocycles. The van der Waals surface area contributed by atoms with Crippen molar-refractivity contribution in [3.05, 3.63) is 53.6 Å². The van der Waals surface area contributed by atoms with Gasteiger partial charge in [-0.1, -0.05) is 36.8 Å². The zero-order valence-corrected chi connectivity index (χ0v) is 15.5. The topological polar surface area (TPSA) is 70.4 Å². The summed E-state index contributed by atoms with van der Waals surface area (Å²) in [4.78, 5) is 25.2. The fraction of sp³-hybridized carbons (Fsp3) is 0.450. The number of nitrogens with zero attached hydrogens (tertiary/aromatic N) is 2. The smallest absolute Gasteiger partial charge is 0.357 e. The summed E-state index contributed by atoms with van der Waals surface area (Å²) in [7, 11) is 1.27. The van der Waals surface area contributed by atoms with E-state index in [1.165, 1.54) is 11.8 Å². The number of carbonyl (C=O) groups is 2. The molecule has 1 saturated carbocycles. The van der Waals surface area contributed by atoms with E-state index in [2.05, 4.69) is 5.10 Å². The quantitative estimate of drug-likeness (QED) is 0.747. The zero-order valence-electron chi connectivity index (χ0n) is 15.5. The van der Waals surface area contributed by atoms with E-state index < -0.39 is 23.5 Å². The first-order chi connectivity index (χ1) is 13.0. The Bertz CT molecular complexity index is 813. The molecule has 1 fully saturated rings. The van der Waals surface area contributed by atoms with E-state index in [1.807, 2.05) is 37.3 Å². The lowest BCUT2D eigenvalue weighted by Crippen LogP contribution is -2.46. The minimum Gasteiger partial charge on any atom is -0.466 e. The van der Waals surface area contributed by atoms with Gasteiger partial charge in [-0.25, -0.2) is 14.3 Å². The first kappa shape index (κ1) is 19.1. The number of aromatic nitrogens is 2. The molecule has 7 heteroatoms. The van der Waals surface area contributed by atoms with Crippen molar-refractivity contribution in [2.45, 2.75) is 50.7 Å². The molecular formula is C20H23FN2O4. The highest BCUT2D eigenvalue weighted by atomic mass is 19.1. The molecule has 0 bridgehead atoms. The van der Waals surface area contributed by atoms with Crippen LogP contribution in [-0.4, -0.2) is 34.4 Å². The standard InChI is InChI=1S/C20H23FN2O4/c1-14(15-9-5-3-6-10-15)23-16(13-17(21)22-23)18(24)27-20(19(25)26-2)11-7-4-8-12-20/h3,5-6,9-10,13-14H,4,7-8,11-12H2,1-2H3/t14-/m1/s1. The average molecular weight is 374 g/mol. The number of esters is 2. The molecule has 0 amide bonds. The molecule has 1 aromatic carbocycles. The van der Waals surface area contributed by atoms with Crippen LogP contribution >= 0.6 is 0 Å². The largest absolute Gasteiger partial charge is 0.466 e. The summed E-state index contributed by atoms with van der Waals surface area (Å²) >= 11 is 0. The van der Waals surface area contributed by atoms with Crippen molar-refractivity contribution in [2.24, 2.45) is 0 Å². The van der Waals surface area contributed by atoms with Crippen molar-refractivity contribution < 1.29 is 23.5 Å². The lowest BCUT2D eigenvalue weighted by Gasteiger charge is -2.33. The number of hydrogen-bond acceptors (Lipinski definition) is 5. The van der Waals surface area contributed by atoms with E-state index >= 15 is 0 Å². The third-order valence-corrected chi connectivity index (χ3v) is 5.07. The summed E-state index contributed by atoms with van der Waals surface area (Å²) in [6, 6.07) is 10.00. The predicted molar refractivity (Wildman–Crippen MR) is 95.7 cm³/mol. The van der Waals surface area contributed by atoms with E-state index in [0.29, 0.717) is 12.8 Å². The minimum absolute atomic E-state index is 0.0299. The molecule has 3 rings (SSSR count). The van der Waals surface area contributed by atoms with E-state index in [1.54, 1.807) is 0 Å². The van der Waals surface area contributed by atoms with Gasteiger partial charge in [0.25, 0.3) is 0 Å². The Balaban J connectivity index is 1.90. The number of rotatable bonds is 5. The van der Waals surface area contributed by atoms with Crippen LogP contribution in [0, 0.1) is 5.95 Å². The van der Waals surface area contributed by atoms with Crippen molar-refractivity contribution in [3.8, 4) is 0 Å². The summed E-state index contributed by atoms with van der Waals surface area (Å²) in [6.07, 6.45) is 3.29. The molecule has 6 nitrogen and oxygen atoms in total. The first-order valence-electron chi connectivity index (χ1n) is 9.08. The lowest BCUT2D eigenvalue weighted by atomic mass is 9.84. The molecule has 1 heterocycles. The number of benzene rings is 1. The fourth-order valence-electron chi connectivity index (χ4n) is 3.57. The van der Waals surface area contributed by atoms with E-state index in [0.717, 1.165) is 30.9 Å². The Kier molecular flexibility index (Phi) is 5.58. The fourth-order valence-corrected chi connectivity index (χ4v) is 3.57. The van der Waals surface area contributed by atoms with Crippen LogP contribution in [0.15, 0.2) is 36.4 Å². The molecule has 0 radical (unpaired) electrons. The molecule has 0 saturated heterocycles. The van der Waals surface area contributed by atoms with Crippen LogP contribution in [0.4, 0.5) is 4.39 Å². The predicted octanol–water partition coefficient (Wildman–Crippen LogP) is 3.66. The zero-order chi connectivity index (χ0) is 19.4. The lowest BCUT2D eigenvalue weighted by molar-refractivity contribution is -0.166. The van der Waals surface area contributed by atoms with Crippen LogP contribution in [-0.2, 0) is 14.3 Å². The first-order valence-corrected chi connectivity index (χ1v) is 9.08. The molecule has 27 heavy (non-hydrogen) atoms. The van der Waals surface area contributed by atoms with Crippen LogP contribution in [0.1, 0.15) is 61.1 Å². The maximum absolute atomic E-state index is 13.9. The molecule has 0 aliphatic heterocycles. The summed E-state index contributed by atoms with van der Waals surface area (Å²) in [6.45, 7) is 1.81. The van der Waals surface area contributed by atoms with Gasteiger partial charge in [-0.15, -0.1) is 5.10 Å². The summed E-state index contributed by atoms with van der Waals surface area (Å²) < 4.78 is 25.7. The van der Waals surface area contributed by atoms with E-state index in [9.17, 15) is 14.0 Å². The maximum Gasteiger partial charge on any atom is 0.357 e. The second-order valence-electron chi connectivity index (χ2n) is 6.82. The molecule has 1 atom stereocenters. The number of hydrogen-bond donors (Lipinski definition) is 0. The van der Waals surface area contributed by atoms with Gasteiger partial charge < -0.3 is 9.47 Å². The molecule has 2 aromatic rings. The number of methoxy groups -OCH3 is 1. The normalized spacial score (nSPS) is 17.1. The van der Waals surface area contributed by atoms with Crippen LogP contribution in [0.5, 0.6) is 0 Å². The van der Waals surface area contributed by atoms with Gasteiger partial charge in [-0.05, 0) is 38.2 Å². The van der Waals surface area contributed by atoms with Crippen LogP contribution in [0.3, 0.4) is 0 Å². The Morgan fingerprint density at radius 1 is 1.19 bits per heavy atom. The van der Waals surface area contributed by atoms with Gasteiger partial charge in [-0.2, -0.15) is 4.39 Å². The summed E-state index contributed by atoms with van der Waals surface area (Å²) in [5, 5.41) is 3.82. The van der Waals surface area contributed by atoms with Gasteiger partial charge in [-0.3, -0.25) is 0 Å². The van der Waals surface area contributed by atoms with Crippen molar-refractivity contribution in [2.75, 3.05) is 7.11 Å². The summed E-state index contributed by atoms with van der Waals surface area (Å²) in [5.74, 6) is -2.12. The minimum atomic E-state index is -1.31. The van der Waals surface area contributed by atoms with Crippen molar-refractivity contribution in [1.82, 2.24) is 9.78 Å². The Morgan fingerprint density at radius 3 is 2.48 bits per heavy atom. The molecule has 0 spiro atoms. The summed E-state index contributed by atoms with van der Waals surface area (Å²) in [5.41, 5.74) is -0.473. The van der Waals surface area contributed by atoms with E-state index in [4.69, 9.17) is 9.47 Å². The Hall–Kier alpha value is -2.70. The molecule has 1 aromatic heterocycles. The van der Waals surface area contributed by atoms with Gasteiger partial charge in [0.05, 0.1) is 13.2 Å². The second kappa shape index (κ2) is 7.90. The molecule has 0 unspecified atom stereocenters.